The van der Waals surface area contributed by atoms with Crippen LogP contribution >= 0.6 is 11.3 Å². The van der Waals surface area contributed by atoms with Gasteiger partial charge in [-0.15, -0.1) is 11.3 Å². The Morgan fingerprint density at radius 2 is 1.92 bits per heavy atom. The number of hydrazone groups is 1. The van der Waals surface area contributed by atoms with E-state index >= 15 is 0 Å². The Kier molecular flexibility index (Phi) is 7.21. The summed E-state index contributed by atoms with van der Waals surface area (Å²) in [6.07, 6.45) is 1.78. The normalized spacial score (nSPS) is 11.4. The number of thiazole rings is 1. The highest BCUT2D eigenvalue weighted by molar-refractivity contribution is 7.15. The fourth-order valence-corrected chi connectivity index (χ4v) is 2.93. The molecule has 0 saturated heterocycles. The first kappa shape index (κ1) is 18.4. The molecule has 2 aromatic rings. The quantitative estimate of drug-likeness (QED) is 0.552. The van der Waals surface area contributed by atoms with Crippen molar-refractivity contribution in [1.82, 2.24) is 9.88 Å². The predicted octanol–water partition coefficient (Wildman–Crippen LogP) is 3.93. The monoisotopic (exact) mass is 346 g/mol. The molecule has 1 aromatic carbocycles. The van der Waals surface area contributed by atoms with Gasteiger partial charge in [-0.05, 0) is 56.8 Å². The zero-order valence-electron chi connectivity index (χ0n) is 14.9. The molecule has 1 aromatic heterocycles. The Morgan fingerprint density at radius 1 is 1.21 bits per heavy atom. The van der Waals surface area contributed by atoms with Gasteiger partial charge in [-0.2, -0.15) is 5.10 Å². The molecule has 24 heavy (non-hydrogen) atoms. The molecule has 0 saturated carbocycles. The number of likely N-dealkylation sites (N-methyl/N-ethyl adjacent to an activating group) is 1. The maximum atomic E-state index is 5.77. The van der Waals surface area contributed by atoms with Crippen molar-refractivity contribution in [3.8, 4) is 5.75 Å². The van der Waals surface area contributed by atoms with E-state index in [0.717, 1.165) is 41.8 Å². The Balaban J connectivity index is 1.80. The van der Waals surface area contributed by atoms with Gasteiger partial charge in [0.1, 0.15) is 12.4 Å². The number of ether oxygens (including phenoxy) is 1. The van der Waals surface area contributed by atoms with E-state index in [2.05, 4.69) is 41.2 Å². The lowest BCUT2D eigenvalue weighted by atomic mass is 10.2. The van der Waals surface area contributed by atoms with Crippen LogP contribution in [-0.2, 0) is 0 Å². The van der Waals surface area contributed by atoms with Crippen molar-refractivity contribution in [2.24, 2.45) is 5.10 Å². The first-order valence-corrected chi connectivity index (χ1v) is 9.12. The average molecular weight is 347 g/mol. The molecule has 130 valence electrons. The van der Waals surface area contributed by atoms with Crippen molar-refractivity contribution in [3.05, 3.63) is 40.4 Å². The third kappa shape index (κ3) is 5.62. The van der Waals surface area contributed by atoms with E-state index in [0.29, 0.717) is 6.61 Å². The van der Waals surface area contributed by atoms with E-state index in [4.69, 9.17) is 4.74 Å². The molecule has 5 nitrogen and oxygen atoms in total. The van der Waals surface area contributed by atoms with Crippen molar-refractivity contribution in [3.63, 3.8) is 0 Å². The second-order valence-corrected chi connectivity index (χ2v) is 6.68. The van der Waals surface area contributed by atoms with Gasteiger partial charge in [0, 0.05) is 11.4 Å². The molecule has 0 bridgehead atoms. The van der Waals surface area contributed by atoms with E-state index in [1.165, 1.54) is 4.88 Å². The van der Waals surface area contributed by atoms with Crippen LogP contribution in [0, 0.1) is 13.8 Å². The molecule has 0 spiro atoms. The number of benzene rings is 1. The van der Waals surface area contributed by atoms with Crippen LogP contribution in [0.15, 0.2) is 29.4 Å². The lowest BCUT2D eigenvalue weighted by Crippen LogP contribution is -2.27. The lowest BCUT2D eigenvalue weighted by Gasteiger charge is -2.17. The van der Waals surface area contributed by atoms with Crippen molar-refractivity contribution in [1.29, 1.82) is 0 Å². The molecule has 2 rings (SSSR count). The van der Waals surface area contributed by atoms with Crippen molar-refractivity contribution in [2.45, 2.75) is 27.7 Å². The highest BCUT2D eigenvalue weighted by Gasteiger charge is 2.01. The van der Waals surface area contributed by atoms with Crippen LogP contribution in [0.1, 0.15) is 30.0 Å². The molecule has 0 unspecified atom stereocenters. The first-order chi connectivity index (χ1) is 11.6. The Hall–Kier alpha value is -1.92. The maximum absolute atomic E-state index is 5.77. The summed E-state index contributed by atoms with van der Waals surface area (Å²) in [7, 11) is 0. The van der Waals surface area contributed by atoms with Gasteiger partial charge in [-0.1, -0.05) is 13.8 Å². The summed E-state index contributed by atoms with van der Waals surface area (Å²) < 4.78 is 5.77. The van der Waals surface area contributed by atoms with Gasteiger partial charge in [0.2, 0.25) is 5.13 Å². The van der Waals surface area contributed by atoms with Gasteiger partial charge in [0.05, 0.1) is 11.9 Å². The number of hydrogen-bond donors (Lipinski definition) is 1. The van der Waals surface area contributed by atoms with Crippen LogP contribution in [-0.4, -0.2) is 42.3 Å². The van der Waals surface area contributed by atoms with Gasteiger partial charge >= 0.3 is 0 Å². The molecule has 0 aliphatic carbocycles. The van der Waals surface area contributed by atoms with E-state index in [-0.39, 0.29) is 0 Å². The number of aryl methyl sites for hydroxylation is 2. The lowest BCUT2D eigenvalue weighted by molar-refractivity contribution is 0.223. The van der Waals surface area contributed by atoms with Crippen LogP contribution in [0.3, 0.4) is 0 Å². The van der Waals surface area contributed by atoms with Crippen LogP contribution in [0.25, 0.3) is 0 Å². The number of anilines is 1. The smallest absolute Gasteiger partial charge is 0.203 e. The minimum atomic E-state index is 0.708. The van der Waals surface area contributed by atoms with E-state index in [9.17, 15) is 0 Å². The molecule has 0 fully saturated rings. The minimum absolute atomic E-state index is 0.708. The van der Waals surface area contributed by atoms with Crippen LogP contribution in [0.2, 0.25) is 0 Å². The maximum Gasteiger partial charge on any atom is 0.203 e. The summed E-state index contributed by atoms with van der Waals surface area (Å²) >= 11 is 1.61. The Labute approximate surface area is 148 Å². The number of aromatic nitrogens is 1. The van der Waals surface area contributed by atoms with Crippen LogP contribution < -0.4 is 10.2 Å². The van der Waals surface area contributed by atoms with E-state index in [1.807, 2.05) is 31.2 Å². The summed E-state index contributed by atoms with van der Waals surface area (Å²) in [5, 5.41) is 5.05. The SMILES string of the molecule is CCN(CC)CCOc1ccc(/C=N/Nc2nc(C)c(C)s2)cc1. The zero-order valence-corrected chi connectivity index (χ0v) is 15.7. The van der Waals surface area contributed by atoms with E-state index < -0.39 is 0 Å². The van der Waals surface area contributed by atoms with Crippen LogP contribution in [0.4, 0.5) is 5.13 Å². The molecule has 1 N–H and O–H groups in total. The predicted molar refractivity (Wildman–Crippen MR) is 103 cm³/mol. The minimum Gasteiger partial charge on any atom is -0.492 e. The van der Waals surface area contributed by atoms with Crippen LogP contribution in [0.5, 0.6) is 5.75 Å². The first-order valence-electron chi connectivity index (χ1n) is 8.30. The Morgan fingerprint density at radius 3 is 2.50 bits per heavy atom. The van der Waals surface area contributed by atoms with Gasteiger partial charge in [-0.3, -0.25) is 5.43 Å². The largest absolute Gasteiger partial charge is 0.492 e. The molecular formula is C18H26N4OS. The third-order valence-electron chi connectivity index (χ3n) is 3.85. The summed E-state index contributed by atoms with van der Waals surface area (Å²) in [4.78, 5) is 7.94. The van der Waals surface area contributed by atoms with Gasteiger partial charge in [0.25, 0.3) is 0 Å². The molecular weight excluding hydrogens is 320 g/mol. The molecule has 0 aliphatic heterocycles. The highest BCUT2D eigenvalue weighted by Crippen LogP contribution is 2.20. The van der Waals surface area contributed by atoms with Gasteiger partial charge in [-0.25, -0.2) is 4.98 Å². The van der Waals surface area contributed by atoms with Crippen molar-refractivity contribution < 1.29 is 4.74 Å². The molecule has 0 aliphatic rings. The number of hydrogen-bond acceptors (Lipinski definition) is 6. The summed E-state index contributed by atoms with van der Waals surface area (Å²) in [5.41, 5.74) is 5.03. The number of rotatable bonds is 9. The third-order valence-corrected chi connectivity index (χ3v) is 4.83. The summed E-state index contributed by atoms with van der Waals surface area (Å²) in [6, 6.07) is 7.94. The topological polar surface area (TPSA) is 49.8 Å². The second-order valence-electron chi connectivity index (χ2n) is 5.47. The highest BCUT2D eigenvalue weighted by atomic mass is 32.1. The summed E-state index contributed by atoms with van der Waals surface area (Å²) in [6.45, 7) is 12.2. The average Bonchev–Trinajstić information content (AvgIpc) is 2.91. The molecule has 6 heteroatoms. The van der Waals surface area contributed by atoms with E-state index in [1.54, 1.807) is 17.6 Å². The second kappa shape index (κ2) is 9.39. The van der Waals surface area contributed by atoms with Gasteiger partial charge in [0.15, 0.2) is 0 Å². The molecule has 0 atom stereocenters. The summed E-state index contributed by atoms with van der Waals surface area (Å²) in [5.74, 6) is 0.887. The number of nitrogens with one attached hydrogen (secondary N) is 1. The standard InChI is InChI=1S/C18H26N4OS/c1-5-22(6-2)11-12-23-17-9-7-16(8-10-17)13-19-21-18-20-14(3)15(4)24-18/h7-10,13H,5-6,11-12H2,1-4H3,(H,20,21)/b19-13+. The van der Waals surface area contributed by atoms with Crippen molar-refractivity contribution in [2.75, 3.05) is 31.7 Å². The number of nitrogens with zero attached hydrogens (tertiary/aromatic N) is 3. The Bertz CT molecular complexity index is 628. The van der Waals surface area contributed by atoms with Gasteiger partial charge < -0.3 is 9.64 Å². The molecule has 0 radical (unpaired) electrons. The van der Waals surface area contributed by atoms with Crippen molar-refractivity contribution >= 4 is 22.7 Å². The fourth-order valence-electron chi connectivity index (χ4n) is 2.17. The molecule has 1 heterocycles. The fraction of sp³-hybridized carbons (Fsp3) is 0.444. The molecule has 0 amide bonds. The zero-order chi connectivity index (χ0) is 17.4.